The lowest BCUT2D eigenvalue weighted by atomic mass is 9.85. The first kappa shape index (κ1) is 24.5. The van der Waals surface area contributed by atoms with Crippen molar-refractivity contribution >= 4 is 17.5 Å². The highest BCUT2D eigenvalue weighted by Gasteiger charge is 2.29. The summed E-state index contributed by atoms with van der Waals surface area (Å²) in [5.41, 5.74) is 1.18. The van der Waals surface area contributed by atoms with Gasteiger partial charge in [0.25, 0.3) is 5.91 Å². The standard InChI is InChI=1S/C25H39N3O4/c1-6-12-28-14-17(2)23(31-5)15-27(4)25(30)21-11-10-20(13-22(21)32-16-18(28)3)26-24(29)19-8-7-9-19/h10-11,13,17-19,23H,6-9,12,14-16H2,1-5H3,(H,26,29)/t17-,18-,23-/m0/s1. The lowest BCUT2D eigenvalue weighted by Crippen LogP contribution is -2.46. The molecule has 7 heteroatoms. The Balaban J connectivity index is 1.88. The number of benzene rings is 1. The van der Waals surface area contributed by atoms with Crippen molar-refractivity contribution in [1.82, 2.24) is 9.80 Å². The molecule has 0 radical (unpaired) electrons. The van der Waals surface area contributed by atoms with Crippen LogP contribution in [0.25, 0.3) is 0 Å². The Kier molecular flexibility index (Phi) is 8.54. The van der Waals surface area contributed by atoms with Gasteiger partial charge >= 0.3 is 0 Å². The summed E-state index contributed by atoms with van der Waals surface area (Å²) in [6.07, 6.45) is 4.00. The Bertz CT molecular complexity index is 795. The summed E-state index contributed by atoms with van der Waals surface area (Å²) in [6.45, 7) is 9.35. The van der Waals surface area contributed by atoms with Crippen molar-refractivity contribution < 1.29 is 19.1 Å². The molecule has 7 nitrogen and oxygen atoms in total. The Labute approximate surface area is 192 Å². The number of rotatable bonds is 5. The number of carbonyl (C=O) groups is 2. The fraction of sp³-hybridized carbons (Fsp3) is 0.680. The van der Waals surface area contributed by atoms with Crippen LogP contribution in [0.5, 0.6) is 5.75 Å². The number of hydrogen-bond acceptors (Lipinski definition) is 5. The van der Waals surface area contributed by atoms with Crippen molar-refractivity contribution in [3.8, 4) is 5.75 Å². The molecular formula is C25H39N3O4. The molecule has 0 spiro atoms. The van der Waals surface area contributed by atoms with Crippen molar-refractivity contribution in [1.29, 1.82) is 0 Å². The van der Waals surface area contributed by atoms with E-state index >= 15 is 0 Å². The van der Waals surface area contributed by atoms with Gasteiger partial charge in [0.2, 0.25) is 5.91 Å². The van der Waals surface area contributed by atoms with Gasteiger partial charge in [-0.1, -0.05) is 20.3 Å². The van der Waals surface area contributed by atoms with Crippen molar-refractivity contribution in [2.45, 2.75) is 58.6 Å². The lowest BCUT2D eigenvalue weighted by molar-refractivity contribution is -0.122. The molecule has 3 atom stereocenters. The third kappa shape index (κ3) is 5.81. The molecule has 0 unspecified atom stereocenters. The Morgan fingerprint density at radius 2 is 2.00 bits per heavy atom. The molecule has 1 saturated carbocycles. The number of fused-ring (bicyclic) bond motifs is 1. The average molecular weight is 446 g/mol. The third-order valence-corrected chi connectivity index (χ3v) is 6.83. The minimum Gasteiger partial charge on any atom is -0.491 e. The fourth-order valence-electron chi connectivity index (χ4n) is 4.44. The van der Waals surface area contributed by atoms with Crippen molar-refractivity contribution in [2.24, 2.45) is 11.8 Å². The predicted octanol–water partition coefficient (Wildman–Crippen LogP) is 3.64. The number of nitrogens with zero attached hydrogens (tertiary/aromatic N) is 2. The fourth-order valence-corrected chi connectivity index (χ4v) is 4.44. The zero-order chi connectivity index (χ0) is 23.3. The summed E-state index contributed by atoms with van der Waals surface area (Å²) < 4.78 is 12.0. The second-order valence-electron chi connectivity index (χ2n) is 9.42. The second-order valence-corrected chi connectivity index (χ2v) is 9.42. The molecule has 1 heterocycles. The number of ether oxygens (including phenoxy) is 2. The van der Waals surface area contributed by atoms with Crippen LogP contribution in [0, 0.1) is 11.8 Å². The molecule has 1 aromatic rings. The van der Waals surface area contributed by atoms with Crippen LogP contribution < -0.4 is 10.1 Å². The maximum Gasteiger partial charge on any atom is 0.257 e. The van der Waals surface area contributed by atoms with Gasteiger partial charge in [0.1, 0.15) is 12.4 Å². The van der Waals surface area contributed by atoms with Crippen LogP contribution in [-0.4, -0.2) is 74.2 Å². The Morgan fingerprint density at radius 1 is 1.25 bits per heavy atom. The van der Waals surface area contributed by atoms with Gasteiger partial charge in [0, 0.05) is 51.0 Å². The highest BCUT2D eigenvalue weighted by atomic mass is 16.5. The van der Waals surface area contributed by atoms with Crippen molar-refractivity contribution in [3.63, 3.8) is 0 Å². The summed E-state index contributed by atoms with van der Waals surface area (Å²) in [5.74, 6) is 0.823. The van der Waals surface area contributed by atoms with Crippen LogP contribution >= 0.6 is 0 Å². The van der Waals surface area contributed by atoms with Gasteiger partial charge in [0.05, 0.1) is 11.7 Å². The van der Waals surface area contributed by atoms with E-state index in [9.17, 15) is 9.59 Å². The van der Waals surface area contributed by atoms with Gasteiger partial charge in [-0.05, 0) is 50.8 Å². The molecule has 1 aliphatic heterocycles. The maximum atomic E-state index is 13.3. The molecule has 178 valence electrons. The molecule has 3 rings (SSSR count). The SMILES string of the molecule is CCCN1C[C@H](C)[C@@H](OC)CN(C)C(=O)c2ccc(NC(=O)C3CCC3)cc2OC[C@@H]1C. The van der Waals surface area contributed by atoms with E-state index in [2.05, 4.69) is 31.0 Å². The predicted molar refractivity (Wildman–Crippen MR) is 126 cm³/mol. The summed E-state index contributed by atoms with van der Waals surface area (Å²) in [7, 11) is 3.52. The molecule has 0 saturated heterocycles. The average Bonchev–Trinajstić information content (AvgIpc) is 2.72. The van der Waals surface area contributed by atoms with E-state index in [1.807, 2.05) is 0 Å². The number of hydrogen-bond donors (Lipinski definition) is 1. The van der Waals surface area contributed by atoms with Crippen LogP contribution in [0.1, 0.15) is 56.8 Å². The van der Waals surface area contributed by atoms with E-state index in [1.165, 1.54) is 0 Å². The number of likely N-dealkylation sites (N-methyl/N-ethyl adjacent to an activating group) is 1. The van der Waals surface area contributed by atoms with E-state index in [1.54, 1.807) is 37.3 Å². The van der Waals surface area contributed by atoms with Crippen LogP contribution in [-0.2, 0) is 9.53 Å². The summed E-state index contributed by atoms with van der Waals surface area (Å²) in [4.78, 5) is 29.8. The summed E-state index contributed by atoms with van der Waals surface area (Å²) in [5, 5.41) is 2.99. The molecule has 2 aliphatic rings. The molecule has 1 aromatic carbocycles. The van der Waals surface area contributed by atoms with Gasteiger partial charge < -0.3 is 19.7 Å². The van der Waals surface area contributed by atoms with E-state index in [0.29, 0.717) is 30.2 Å². The monoisotopic (exact) mass is 445 g/mol. The smallest absolute Gasteiger partial charge is 0.257 e. The van der Waals surface area contributed by atoms with Gasteiger partial charge in [0.15, 0.2) is 0 Å². The molecule has 0 bridgehead atoms. The lowest BCUT2D eigenvalue weighted by Gasteiger charge is -2.36. The highest BCUT2D eigenvalue weighted by molar-refractivity contribution is 5.99. The molecule has 2 amide bonds. The van der Waals surface area contributed by atoms with Crippen LogP contribution in [0.2, 0.25) is 0 Å². The summed E-state index contributed by atoms with van der Waals surface area (Å²) >= 11 is 0. The molecule has 1 aliphatic carbocycles. The topological polar surface area (TPSA) is 71.1 Å². The number of methoxy groups -OCH3 is 1. The van der Waals surface area contributed by atoms with E-state index in [0.717, 1.165) is 38.8 Å². The van der Waals surface area contributed by atoms with Crippen LogP contribution in [0.15, 0.2) is 18.2 Å². The number of carbonyl (C=O) groups excluding carboxylic acids is 2. The van der Waals surface area contributed by atoms with Crippen LogP contribution in [0.3, 0.4) is 0 Å². The minimum atomic E-state index is -0.107. The zero-order valence-corrected chi connectivity index (χ0v) is 20.2. The molecule has 32 heavy (non-hydrogen) atoms. The number of nitrogens with one attached hydrogen (secondary N) is 1. The largest absolute Gasteiger partial charge is 0.491 e. The van der Waals surface area contributed by atoms with E-state index in [4.69, 9.17) is 9.47 Å². The first-order chi connectivity index (χ1) is 15.3. The number of amides is 2. The van der Waals surface area contributed by atoms with Gasteiger partial charge in [-0.3, -0.25) is 14.5 Å². The Hall–Kier alpha value is -2.12. The molecule has 1 N–H and O–H groups in total. The zero-order valence-electron chi connectivity index (χ0n) is 20.2. The number of anilines is 1. The minimum absolute atomic E-state index is 0.0483. The summed E-state index contributed by atoms with van der Waals surface area (Å²) in [6, 6.07) is 5.52. The van der Waals surface area contributed by atoms with Crippen molar-refractivity contribution in [2.75, 3.05) is 45.7 Å². The van der Waals surface area contributed by atoms with Gasteiger partial charge in [-0.15, -0.1) is 0 Å². The van der Waals surface area contributed by atoms with E-state index in [-0.39, 0.29) is 35.8 Å². The highest BCUT2D eigenvalue weighted by Crippen LogP contribution is 2.30. The normalized spacial score (nSPS) is 25.7. The second kappa shape index (κ2) is 11.1. The van der Waals surface area contributed by atoms with Gasteiger partial charge in [-0.2, -0.15) is 0 Å². The van der Waals surface area contributed by atoms with Crippen molar-refractivity contribution in [3.05, 3.63) is 23.8 Å². The maximum absolute atomic E-state index is 13.3. The van der Waals surface area contributed by atoms with Crippen LogP contribution in [0.4, 0.5) is 5.69 Å². The van der Waals surface area contributed by atoms with Gasteiger partial charge in [-0.25, -0.2) is 0 Å². The molecule has 0 aromatic heterocycles. The molecular weight excluding hydrogens is 406 g/mol. The first-order valence-corrected chi connectivity index (χ1v) is 11.9. The Morgan fingerprint density at radius 3 is 2.62 bits per heavy atom. The van der Waals surface area contributed by atoms with E-state index < -0.39 is 0 Å². The third-order valence-electron chi connectivity index (χ3n) is 6.83. The molecule has 1 fully saturated rings. The first-order valence-electron chi connectivity index (χ1n) is 11.9. The quantitative estimate of drug-likeness (QED) is 0.749.